The number of rotatable bonds is 5. The van der Waals surface area contributed by atoms with E-state index in [0.717, 1.165) is 0 Å². The Morgan fingerprint density at radius 1 is 1.20 bits per heavy atom. The molecule has 0 unspecified atom stereocenters. The van der Waals surface area contributed by atoms with E-state index >= 15 is 0 Å². The van der Waals surface area contributed by atoms with E-state index in [1.54, 1.807) is 0 Å². The van der Waals surface area contributed by atoms with Gasteiger partial charge in [0.25, 0.3) is 0 Å². The maximum Gasteiger partial charge on any atom is 0.390 e. The van der Waals surface area contributed by atoms with Crippen molar-refractivity contribution in [1.82, 2.24) is 0 Å². The molecule has 4 nitrogen and oxygen atoms in total. The van der Waals surface area contributed by atoms with E-state index in [1.165, 1.54) is 24.3 Å². The van der Waals surface area contributed by atoms with Gasteiger partial charge < -0.3 is 4.74 Å². The van der Waals surface area contributed by atoms with Crippen LogP contribution < -0.4 is 4.74 Å². The van der Waals surface area contributed by atoms with Gasteiger partial charge in [-0.2, -0.15) is 13.2 Å². The largest absolute Gasteiger partial charge is 0.426 e. The van der Waals surface area contributed by atoms with Crippen LogP contribution in [0.1, 0.15) is 6.42 Å². The van der Waals surface area contributed by atoms with Crippen LogP contribution in [0.4, 0.5) is 13.2 Å². The van der Waals surface area contributed by atoms with E-state index in [-0.39, 0.29) is 5.75 Å². The Bertz CT molecular complexity index is 566. The average Bonchev–Trinajstić information content (AvgIpc) is 2.28. The molecule has 20 heavy (non-hydrogen) atoms. The molecule has 0 atom stereocenters. The van der Waals surface area contributed by atoms with Crippen LogP contribution in [0.15, 0.2) is 24.3 Å². The first-order chi connectivity index (χ1) is 9.07. The SMILES string of the molecule is O=C(CS(=O)(=O)CCC(F)(F)F)Oc1ccc(Cl)cc1. The summed E-state index contributed by atoms with van der Waals surface area (Å²) in [4.78, 5) is 11.3. The van der Waals surface area contributed by atoms with E-state index in [1.807, 2.05) is 0 Å². The lowest BCUT2D eigenvalue weighted by atomic mass is 10.3. The van der Waals surface area contributed by atoms with Crippen LogP contribution in [0, 0.1) is 0 Å². The fraction of sp³-hybridized carbons (Fsp3) is 0.364. The highest BCUT2D eigenvalue weighted by Gasteiger charge is 2.31. The molecular formula is C11H10ClF3O4S. The molecule has 112 valence electrons. The summed E-state index contributed by atoms with van der Waals surface area (Å²) in [5.41, 5.74) is 0. The van der Waals surface area contributed by atoms with Gasteiger partial charge in [-0.15, -0.1) is 0 Å². The maximum absolute atomic E-state index is 11.9. The Kier molecular flexibility index (Phi) is 5.41. The maximum atomic E-state index is 11.9. The molecule has 0 saturated heterocycles. The fourth-order valence-electron chi connectivity index (χ4n) is 1.19. The van der Waals surface area contributed by atoms with Crippen LogP contribution in [-0.4, -0.2) is 32.1 Å². The van der Waals surface area contributed by atoms with E-state index in [0.29, 0.717) is 5.02 Å². The lowest BCUT2D eigenvalue weighted by molar-refractivity contribution is -0.132. The predicted octanol–water partition coefficient (Wildman–Crippen LogP) is 2.61. The molecule has 0 aliphatic carbocycles. The predicted molar refractivity (Wildman–Crippen MR) is 66.4 cm³/mol. The monoisotopic (exact) mass is 330 g/mol. The summed E-state index contributed by atoms with van der Waals surface area (Å²) < 4.78 is 63.0. The zero-order valence-electron chi connectivity index (χ0n) is 9.98. The van der Waals surface area contributed by atoms with Crippen LogP contribution >= 0.6 is 11.6 Å². The van der Waals surface area contributed by atoms with Gasteiger partial charge in [-0.3, -0.25) is 4.79 Å². The molecular weight excluding hydrogens is 321 g/mol. The number of carbonyl (C=O) groups excluding carboxylic acids is 1. The summed E-state index contributed by atoms with van der Waals surface area (Å²) in [6, 6.07) is 5.51. The fourth-order valence-corrected chi connectivity index (χ4v) is 2.42. The number of alkyl halides is 3. The van der Waals surface area contributed by atoms with Gasteiger partial charge in [0.2, 0.25) is 0 Å². The van der Waals surface area contributed by atoms with E-state index in [4.69, 9.17) is 11.6 Å². The molecule has 0 heterocycles. The highest BCUT2D eigenvalue weighted by atomic mass is 35.5. The molecule has 0 aliphatic heterocycles. The lowest BCUT2D eigenvalue weighted by Gasteiger charge is -2.07. The molecule has 9 heteroatoms. The molecule has 0 N–H and O–H groups in total. The first-order valence-electron chi connectivity index (χ1n) is 5.31. The van der Waals surface area contributed by atoms with Gasteiger partial charge in [0, 0.05) is 5.02 Å². The number of hydrogen-bond acceptors (Lipinski definition) is 4. The van der Waals surface area contributed by atoms with Crippen LogP contribution in [0.2, 0.25) is 5.02 Å². The third-order valence-electron chi connectivity index (χ3n) is 2.08. The first-order valence-corrected chi connectivity index (χ1v) is 7.51. The zero-order chi connectivity index (χ0) is 15.4. The van der Waals surface area contributed by atoms with Crippen molar-refractivity contribution in [3.8, 4) is 5.75 Å². The van der Waals surface area contributed by atoms with Crippen molar-refractivity contribution >= 4 is 27.4 Å². The molecule has 0 aliphatic rings. The minimum Gasteiger partial charge on any atom is -0.426 e. The van der Waals surface area contributed by atoms with Gasteiger partial charge in [0.05, 0.1) is 12.2 Å². The van der Waals surface area contributed by atoms with Crippen LogP contribution in [0.25, 0.3) is 0 Å². The highest BCUT2D eigenvalue weighted by Crippen LogP contribution is 2.20. The third-order valence-corrected chi connectivity index (χ3v) is 3.83. The van der Waals surface area contributed by atoms with Gasteiger partial charge in [-0.05, 0) is 24.3 Å². The van der Waals surface area contributed by atoms with Gasteiger partial charge in [0.15, 0.2) is 9.84 Å². The van der Waals surface area contributed by atoms with E-state index in [9.17, 15) is 26.4 Å². The minimum atomic E-state index is -4.59. The Morgan fingerprint density at radius 2 is 1.75 bits per heavy atom. The molecule has 0 radical (unpaired) electrons. The van der Waals surface area contributed by atoms with E-state index < -0.39 is 39.9 Å². The number of halogens is 4. The van der Waals surface area contributed by atoms with Gasteiger partial charge in [0.1, 0.15) is 11.5 Å². The Morgan fingerprint density at radius 3 is 2.25 bits per heavy atom. The molecule has 0 bridgehead atoms. The van der Waals surface area contributed by atoms with Gasteiger partial charge >= 0.3 is 12.1 Å². The molecule has 1 aromatic carbocycles. The second-order valence-electron chi connectivity index (χ2n) is 3.89. The van der Waals surface area contributed by atoms with Crippen molar-refractivity contribution in [3.05, 3.63) is 29.3 Å². The van der Waals surface area contributed by atoms with Gasteiger partial charge in [-0.1, -0.05) is 11.6 Å². The first kappa shape index (κ1) is 16.8. The highest BCUT2D eigenvalue weighted by molar-refractivity contribution is 7.92. The quantitative estimate of drug-likeness (QED) is 0.615. The van der Waals surface area contributed by atoms with Crippen molar-refractivity contribution in [1.29, 1.82) is 0 Å². The standard InChI is InChI=1S/C11H10ClF3O4S/c12-8-1-3-9(4-2-8)19-10(16)7-20(17,18)6-5-11(13,14)15/h1-4H,5-7H2. The topological polar surface area (TPSA) is 60.4 Å². The normalized spacial score (nSPS) is 12.2. The number of carbonyl (C=O) groups is 1. The van der Waals surface area contributed by atoms with Crippen molar-refractivity contribution in [3.63, 3.8) is 0 Å². The van der Waals surface area contributed by atoms with Crippen molar-refractivity contribution < 1.29 is 31.1 Å². The third kappa shape index (κ3) is 6.76. The molecule has 0 amide bonds. The summed E-state index contributed by atoms with van der Waals surface area (Å²) in [5, 5.41) is 0.391. The average molecular weight is 331 g/mol. The summed E-state index contributed by atoms with van der Waals surface area (Å²) >= 11 is 5.60. The number of esters is 1. The lowest BCUT2D eigenvalue weighted by Crippen LogP contribution is -2.25. The molecule has 0 aromatic heterocycles. The van der Waals surface area contributed by atoms with Crippen LogP contribution in [-0.2, 0) is 14.6 Å². The van der Waals surface area contributed by atoms with Crippen LogP contribution in [0.3, 0.4) is 0 Å². The van der Waals surface area contributed by atoms with E-state index in [2.05, 4.69) is 4.74 Å². The number of ether oxygens (including phenoxy) is 1. The molecule has 0 spiro atoms. The number of benzene rings is 1. The summed E-state index contributed by atoms with van der Waals surface area (Å²) in [7, 11) is -4.16. The van der Waals surface area contributed by atoms with Gasteiger partial charge in [-0.25, -0.2) is 8.42 Å². The summed E-state index contributed by atoms with van der Waals surface area (Å²) in [6.07, 6.45) is -6.09. The number of hydrogen-bond donors (Lipinski definition) is 0. The zero-order valence-corrected chi connectivity index (χ0v) is 11.6. The smallest absolute Gasteiger partial charge is 0.390 e. The van der Waals surface area contributed by atoms with Crippen molar-refractivity contribution in [2.24, 2.45) is 0 Å². The second kappa shape index (κ2) is 6.45. The Balaban J connectivity index is 2.55. The molecule has 1 rings (SSSR count). The molecule has 1 aromatic rings. The molecule has 0 saturated carbocycles. The van der Waals surface area contributed by atoms with Crippen LogP contribution in [0.5, 0.6) is 5.75 Å². The summed E-state index contributed by atoms with van der Waals surface area (Å²) in [6.45, 7) is 0. The van der Waals surface area contributed by atoms with Crippen molar-refractivity contribution in [2.45, 2.75) is 12.6 Å². The van der Waals surface area contributed by atoms with Crippen molar-refractivity contribution in [2.75, 3.05) is 11.5 Å². The second-order valence-corrected chi connectivity index (χ2v) is 6.51. The Labute approximate surface area is 118 Å². The summed E-state index contributed by atoms with van der Waals surface area (Å²) in [5.74, 6) is -3.34. The Hall–Kier alpha value is -1.28. The molecule has 0 fully saturated rings. The minimum absolute atomic E-state index is 0.0606. The number of sulfone groups is 1.